The van der Waals surface area contributed by atoms with Crippen molar-refractivity contribution in [1.29, 1.82) is 0 Å². The van der Waals surface area contributed by atoms with Gasteiger partial charge in [0.1, 0.15) is 0 Å². The quantitative estimate of drug-likeness (QED) is 0.777. The van der Waals surface area contributed by atoms with Gasteiger partial charge < -0.3 is 14.4 Å². The molecule has 2 fully saturated rings. The van der Waals surface area contributed by atoms with Crippen LogP contribution in [0.25, 0.3) is 0 Å². The third-order valence-electron chi connectivity index (χ3n) is 5.05. The van der Waals surface area contributed by atoms with E-state index < -0.39 is 0 Å². The molecule has 0 radical (unpaired) electrons. The molecule has 3 rings (SSSR count). The highest BCUT2D eigenvalue weighted by molar-refractivity contribution is 5.67. The fourth-order valence-electron chi connectivity index (χ4n) is 3.64. The summed E-state index contributed by atoms with van der Waals surface area (Å²) in [7, 11) is 0. The Bertz CT molecular complexity index is 477. The van der Waals surface area contributed by atoms with Crippen molar-refractivity contribution in [2.75, 3.05) is 19.9 Å². The van der Waals surface area contributed by atoms with Crippen LogP contribution in [0.4, 0.5) is 4.79 Å². The molecule has 0 atom stereocenters. The fraction of sp³-hybridized carbons (Fsp3) is 0.632. The van der Waals surface area contributed by atoms with Crippen molar-refractivity contribution in [2.45, 2.75) is 57.0 Å². The Kier molecular flexibility index (Phi) is 5.92. The van der Waals surface area contributed by atoms with Gasteiger partial charge in [-0.3, -0.25) is 0 Å². The molecular weight excluding hydrogens is 290 g/mol. The minimum Gasteiger partial charge on any atom is -0.422 e. The predicted octanol–water partition coefficient (Wildman–Crippen LogP) is 4.31. The molecule has 0 bridgehead atoms. The molecule has 1 aromatic carbocycles. The number of benzene rings is 1. The van der Waals surface area contributed by atoms with Crippen LogP contribution >= 0.6 is 0 Å². The molecule has 0 aromatic heterocycles. The van der Waals surface area contributed by atoms with Crippen LogP contribution in [0.15, 0.2) is 30.3 Å². The smallest absolute Gasteiger partial charge is 0.411 e. The molecule has 1 aliphatic heterocycles. The molecule has 1 aromatic rings. The third-order valence-corrected chi connectivity index (χ3v) is 5.05. The van der Waals surface area contributed by atoms with E-state index in [1.165, 1.54) is 12.0 Å². The Morgan fingerprint density at radius 2 is 1.70 bits per heavy atom. The lowest BCUT2D eigenvalue weighted by Crippen LogP contribution is -2.36. The van der Waals surface area contributed by atoms with Gasteiger partial charge in [0.05, 0.1) is 6.10 Å². The van der Waals surface area contributed by atoms with Gasteiger partial charge in [0.25, 0.3) is 0 Å². The number of likely N-dealkylation sites (tertiary alicyclic amines) is 1. The van der Waals surface area contributed by atoms with Gasteiger partial charge in [-0.2, -0.15) is 0 Å². The van der Waals surface area contributed by atoms with E-state index in [-0.39, 0.29) is 19.0 Å². The first-order chi connectivity index (χ1) is 11.3. The van der Waals surface area contributed by atoms with E-state index in [0.717, 1.165) is 51.6 Å². The third kappa shape index (κ3) is 4.71. The zero-order valence-electron chi connectivity index (χ0n) is 13.8. The van der Waals surface area contributed by atoms with Crippen molar-refractivity contribution >= 4 is 6.09 Å². The summed E-state index contributed by atoms with van der Waals surface area (Å²) >= 11 is 0. The highest BCUT2D eigenvalue weighted by Crippen LogP contribution is 2.33. The van der Waals surface area contributed by atoms with Crippen molar-refractivity contribution in [3.63, 3.8) is 0 Å². The first kappa shape index (κ1) is 16.3. The monoisotopic (exact) mass is 317 g/mol. The number of ether oxygens (including phenoxy) is 2. The Hall–Kier alpha value is -1.55. The van der Waals surface area contributed by atoms with Gasteiger partial charge in [-0.15, -0.1) is 0 Å². The normalized spacial score (nSPS) is 25.1. The van der Waals surface area contributed by atoms with Gasteiger partial charge >= 0.3 is 6.09 Å². The number of carbonyl (C=O) groups excluding carboxylic acids is 1. The van der Waals surface area contributed by atoms with Crippen molar-refractivity contribution in [2.24, 2.45) is 0 Å². The average Bonchev–Trinajstić information content (AvgIpc) is 2.64. The number of nitrogens with zero attached hydrogens (tertiary/aromatic N) is 1. The summed E-state index contributed by atoms with van der Waals surface area (Å²) in [6, 6.07) is 10.7. The first-order valence-corrected chi connectivity index (χ1v) is 8.91. The van der Waals surface area contributed by atoms with E-state index >= 15 is 0 Å². The van der Waals surface area contributed by atoms with Gasteiger partial charge in [0.2, 0.25) is 0 Å². The number of carbonyl (C=O) groups is 1. The van der Waals surface area contributed by atoms with Crippen molar-refractivity contribution in [1.82, 2.24) is 4.90 Å². The first-order valence-electron chi connectivity index (χ1n) is 8.91. The van der Waals surface area contributed by atoms with E-state index in [1.54, 1.807) is 4.90 Å². The van der Waals surface area contributed by atoms with E-state index in [9.17, 15) is 4.79 Å². The fourth-order valence-corrected chi connectivity index (χ4v) is 3.64. The van der Waals surface area contributed by atoms with Crippen molar-refractivity contribution in [3.8, 4) is 0 Å². The van der Waals surface area contributed by atoms with Gasteiger partial charge in [-0.05, 0) is 56.4 Å². The van der Waals surface area contributed by atoms with Crippen LogP contribution in [0.5, 0.6) is 0 Å². The Labute approximate surface area is 138 Å². The van der Waals surface area contributed by atoms with Gasteiger partial charge in [0, 0.05) is 13.1 Å². The van der Waals surface area contributed by atoms with E-state index in [2.05, 4.69) is 30.3 Å². The lowest BCUT2D eigenvalue weighted by Gasteiger charge is -2.29. The minimum atomic E-state index is -0.220. The van der Waals surface area contributed by atoms with Crippen LogP contribution in [0.3, 0.4) is 0 Å². The largest absolute Gasteiger partial charge is 0.422 e. The molecular formula is C19H27NO3. The summed E-state index contributed by atoms with van der Waals surface area (Å²) in [6.45, 7) is 1.73. The summed E-state index contributed by atoms with van der Waals surface area (Å²) in [4.78, 5) is 13.7. The highest BCUT2D eigenvalue weighted by Gasteiger charge is 2.23. The molecule has 1 aliphatic carbocycles. The number of hydrogen-bond donors (Lipinski definition) is 0. The SMILES string of the molecule is O=C(OCOC1CCC(c2ccccc2)CC1)N1CCCCC1. The van der Waals surface area contributed by atoms with Crippen LogP contribution < -0.4 is 0 Å². The molecule has 23 heavy (non-hydrogen) atoms. The maximum atomic E-state index is 11.9. The molecule has 0 N–H and O–H groups in total. The Morgan fingerprint density at radius 3 is 2.39 bits per heavy atom. The summed E-state index contributed by atoms with van der Waals surface area (Å²) in [5, 5.41) is 0. The van der Waals surface area contributed by atoms with Crippen molar-refractivity contribution < 1.29 is 14.3 Å². The molecule has 126 valence electrons. The minimum absolute atomic E-state index is 0.0933. The Morgan fingerprint density at radius 1 is 1.00 bits per heavy atom. The summed E-state index contributed by atoms with van der Waals surface area (Å²) in [6.07, 6.45) is 7.77. The highest BCUT2D eigenvalue weighted by atomic mass is 16.7. The second kappa shape index (κ2) is 8.34. The number of amides is 1. The summed E-state index contributed by atoms with van der Waals surface area (Å²) in [5.41, 5.74) is 1.43. The lowest BCUT2D eigenvalue weighted by atomic mass is 9.83. The van der Waals surface area contributed by atoms with Crippen LogP contribution in [-0.2, 0) is 9.47 Å². The summed E-state index contributed by atoms with van der Waals surface area (Å²) < 4.78 is 11.0. The second-order valence-corrected chi connectivity index (χ2v) is 6.63. The molecule has 1 saturated heterocycles. The number of hydrogen-bond acceptors (Lipinski definition) is 3. The topological polar surface area (TPSA) is 38.8 Å². The summed E-state index contributed by atoms with van der Waals surface area (Å²) in [5.74, 6) is 0.645. The predicted molar refractivity (Wildman–Crippen MR) is 89.3 cm³/mol. The molecule has 0 spiro atoms. The molecule has 1 amide bonds. The maximum Gasteiger partial charge on any atom is 0.411 e. The van der Waals surface area contributed by atoms with E-state index in [4.69, 9.17) is 9.47 Å². The van der Waals surface area contributed by atoms with Crippen molar-refractivity contribution in [3.05, 3.63) is 35.9 Å². The van der Waals surface area contributed by atoms with Crippen LogP contribution in [0.2, 0.25) is 0 Å². The molecule has 2 aliphatic rings. The van der Waals surface area contributed by atoms with Gasteiger partial charge in [-0.25, -0.2) is 4.79 Å². The molecule has 4 heteroatoms. The lowest BCUT2D eigenvalue weighted by molar-refractivity contribution is -0.0773. The Balaban J connectivity index is 1.34. The zero-order chi connectivity index (χ0) is 15.9. The maximum absolute atomic E-state index is 11.9. The average molecular weight is 317 g/mol. The van der Waals surface area contributed by atoms with E-state index in [1.807, 2.05) is 0 Å². The van der Waals surface area contributed by atoms with Gasteiger partial charge in [-0.1, -0.05) is 30.3 Å². The molecule has 0 unspecified atom stereocenters. The second-order valence-electron chi connectivity index (χ2n) is 6.63. The molecule has 4 nitrogen and oxygen atoms in total. The molecule has 1 heterocycles. The van der Waals surface area contributed by atoms with E-state index in [0.29, 0.717) is 5.92 Å². The number of rotatable bonds is 4. The number of piperidine rings is 1. The standard InChI is InChI=1S/C19H27NO3/c21-19(20-13-5-2-6-14-20)23-15-22-18-11-9-17(10-12-18)16-7-3-1-4-8-16/h1,3-4,7-8,17-18H,2,5-6,9-15H2. The zero-order valence-corrected chi connectivity index (χ0v) is 13.8. The van der Waals surface area contributed by atoms with Crippen LogP contribution in [-0.4, -0.2) is 37.0 Å². The van der Waals surface area contributed by atoms with Crippen LogP contribution in [0, 0.1) is 0 Å². The van der Waals surface area contributed by atoms with Gasteiger partial charge in [0.15, 0.2) is 6.79 Å². The van der Waals surface area contributed by atoms with Crippen LogP contribution in [0.1, 0.15) is 56.4 Å². The molecule has 1 saturated carbocycles.